The van der Waals surface area contributed by atoms with Crippen molar-refractivity contribution in [1.82, 2.24) is 0 Å². The zero-order valence-corrected chi connectivity index (χ0v) is 9.39. The smallest absolute Gasteiger partial charge is 0.320 e. The highest BCUT2D eigenvalue weighted by atomic mass is 79.9. The van der Waals surface area contributed by atoms with E-state index in [1.807, 2.05) is 0 Å². The summed E-state index contributed by atoms with van der Waals surface area (Å²) < 4.78 is 38.5. The topological polar surface area (TPSA) is 63.3 Å². The van der Waals surface area contributed by atoms with Gasteiger partial charge in [-0.1, -0.05) is 0 Å². The Morgan fingerprint density at radius 2 is 2.00 bits per heavy atom. The Morgan fingerprint density at radius 1 is 1.44 bits per heavy atom. The largest absolute Gasteiger partial charge is 0.480 e. The molecule has 0 bridgehead atoms. The predicted octanol–water partition coefficient (Wildman–Crippen LogP) is 1.82. The van der Waals surface area contributed by atoms with Gasteiger partial charge >= 0.3 is 5.97 Å². The summed E-state index contributed by atoms with van der Waals surface area (Å²) in [7, 11) is 0. The van der Waals surface area contributed by atoms with E-state index in [2.05, 4.69) is 15.9 Å². The van der Waals surface area contributed by atoms with Crippen molar-refractivity contribution in [2.45, 2.75) is 12.5 Å². The van der Waals surface area contributed by atoms with Crippen LogP contribution in [0.4, 0.5) is 13.2 Å². The van der Waals surface area contributed by atoms with E-state index >= 15 is 0 Å². The van der Waals surface area contributed by atoms with Gasteiger partial charge in [0.05, 0.1) is 4.47 Å². The number of carboxylic acid groups (broad SMARTS) is 1. The van der Waals surface area contributed by atoms with E-state index in [9.17, 15) is 18.0 Å². The van der Waals surface area contributed by atoms with Crippen molar-refractivity contribution < 1.29 is 23.1 Å². The van der Waals surface area contributed by atoms with Crippen molar-refractivity contribution in [3.05, 3.63) is 33.6 Å². The minimum absolute atomic E-state index is 0.291. The summed E-state index contributed by atoms with van der Waals surface area (Å²) in [5.41, 5.74) is 4.87. The summed E-state index contributed by atoms with van der Waals surface area (Å²) in [5, 5.41) is 8.50. The Labute approximate surface area is 97.2 Å². The minimum atomic E-state index is -1.37. The van der Waals surface area contributed by atoms with Crippen LogP contribution in [0.5, 0.6) is 0 Å². The molecule has 0 radical (unpaired) electrons. The molecule has 1 atom stereocenters. The lowest BCUT2D eigenvalue weighted by Crippen LogP contribution is -2.32. The molecule has 7 heteroatoms. The van der Waals surface area contributed by atoms with Crippen LogP contribution >= 0.6 is 15.9 Å². The fourth-order valence-electron chi connectivity index (χ4n) is 1.09. The van der Waals surface area contributed by atoms with E-state index < -0.39 is 40.4 Å². The molecule has 0 aromatic heterocycles. The highest BCUT2D eigenvalue weighted by Gasteiger charge is 2.20. The molecule has 0 fully saturated rings. The maximum atomic E-state index is 13.4. The standard InChI is InChI=1S/C9H7BrF3NO2/c10-6-7(12)3(1-4(11)8(6)13)2-5(14)9(15)16/h1,5H,2,14H2,(H,15,16). The molecular weight excluding hydrogens is 291 g/mol. The molecule has 3 N–H and O–H groups in total. The minimum Gasteiger partial charge on any atom is -0.480 e. The fraction of sp³-hybridized carbons (Fsp3) is 0.222. The second-order valence-corrected chi connectivity index (χ2v) is 3.90. The van der Waals surface area contributed by atoms with Crippen LogP contribution in [0.1, 0.15) is 5.56 Å². The molecule has 0 aliphatic rings. The number of aliphatic carboxylic acids is 1. The van der Waals surface area contributed by atoms with Crippen molar-refractivity contribution >= 4 is 21.9 Å². The lowest BCUT2D eigenvalue weighted by Gasteiger charge is -2.09. The van der Waals surface area contributed by atoms with Crippen molar-refractivity contribution in [3.63, 3.8) is 0 Å². The monoisotopic (exact) mass is 297 g/mol. The highest BCUT2D eigenvalue weighted by molar-refractivity contribution is 9.10. The molecular formula is C9H7BrF3NO2. The molecule has 3 nitrogen and oxygen atoms in total. The van der Waals surface area contributed by atoms with E-state index in [0.29, 0.717) is 6.07 Å². The zero-order chi connectivity index (χ0) is 12.5. The quantitative estimate of drug-likeness (QED) is 0.661. The highest BCUT2D eigenvalue weighted by Crippen LogP contribution is 2.25. The molecule has 1 rings (SSSR count). The van der Waals surface area contributed by atoms with Gasteiger partial charge in [-0.05, 0) is 27.6 Å². The van der Waals surface area contributed by atoms with E-state index in [1.54, 1.807) is 0 Å². The normalized spacial score (nSPS) is 12.6. The molecule has 0 saturated carbocycles. The van der Waals surface area contributed by atoms with Gasteiger partial charge in [0.15, 0.2) is 11.6 Å². The van der Waals surface area contributed by atoms with Crippen LogP contribution in [0.25, 0.3) is 0 Å². The molecule has 0 aliphatic carbocycles. The molecule has 0 aliphatic heterocycles. The van der Waals surface area contributed by atoms with E-state index in [-0.39, 0.29) is 5.56 Å². The van der Waals surface area contributed by atoms with Gasteiger partial charge in [0, 0.05) is 6.42 Å². The summed E-state index contributed by atoms with van der Waals surface area (Å²) in [6, 6.07) is -0.774. The zero-order valence-electron chi connectivity index (χ0n) is 7.81. The average Bonchev–Trinajstić information content (AvgIpc) is 2.22. The number of rotatable bonds is 3. The van der Waals surface area contributed by atoms with Gasteiger partial charge < -0.3 is 10.8 Å². The van der Waals surface area contributed by atoms with Crippen molar-refractivity contribution in [2.75, 3.05) is 0 Å². The lowest BCUT2D eigenvalue weighted by molar-refractivity contribution is -0.138. The van der Waals surface area contributed by atoms with Gasteiger partial charge in [0.1, 0.15) is 11.9 Å². The van der Waals surface area contributed by atoms with Crippen molar-refractivity contribution in [3.8, 4) is 0 Å². The van der Waals surface area contributed by atoms with Crippen LogP contribution in [0, 0.1) is 17.5 Å². The molecule has 88 valence electrons. The number of carbonyl (C=O) groups is 1. The Hall–Kier alpha value is -1.08. The molecule has 16 heavy (non-hydrogen) atoms. The number of carboxylic acids is 1. The van der Waals surface area contributed by atoms with Crippen LogP contribution in [0.15, 0.2) is 10.5 Å². The SMILES string of the molecule is NC(Cc1cc(F)c(F)c(Br)c1F)C(=O)O. The maximum Gasteiger partial charge on any atom is 0.320 e. The number of halogens is 4. The second kappa shape index (κ2) is 4.84. The first-order valence-corrected chi connectivity index (χ1v) is 4.94. The van der Waals surface area contributed by atoms with E-state index in [1.165, 1.54) is 0 Å². The third-order valence-corrected chi connectivity index (χ3v) is 2.63. The van der Waals surface area contributed by atoms with Crippen LogP contribution in [0.2, 0.25) is 0 Å². The Morgan fingerprint density at radius 3 is 2.50 bits per heavy atom. The van der Waals surface area contributed by atoms with Crippen molar-refractivity contribution in [2.24, 2.45) is 5.73 Å². The summed E-state index contributed by atoms with van der Waals surface area (Å²) in [6.45, 7) is 0. The summed E-state index contributed by atoms with van der Waals surface area (Å²) in [6.07, 6.45) is -0.420. The van der Waals surface area contributed by atoms with E-state index in [0.717, 1.165) is 0 Å². The van der Waals surface area contributed by atoms with Gasteiger partial charge in [-0.3, -0.25) is 4.79 Å². The third-order valence-electron chi connectivity index (χ3n) is 1.93. The Balaban J connectivity index is 3.11. The van der Waals surface area contributed by atoms with Crippen LogP contribution < -0.4 is 5.73 Å². The van der Waals surface area contributed by atoms with Crippen LogP contribution in [0.3, 0.4) is 0 Å². The summed E-state index contributed by atoms with van der Waals surface area (Å²) in [5.74, 6) is -5.01. The first-order chi connectivity index (χ1) is 7.34. The first kappa shape index (κ1) is 13.0. The number of benzene rings is 1. The summed E-state index contributed by atoms with van der Waals surface area (Å²) in [4.78, 5) is 10.4. The average molecular weight is 298 g/mol. The molecule has 0 amide bonds. The molecule has 1 aromatic carbocycles. The molecule has 1 aromatic rings. The third kappa shape index (κ3) is 2.53. The molecule has 0 saturated heterocycles. The second-order valence-electron chi connectivity index (χ2n) is 3.11. The predicted molar refractivity (Wildman–Crippen MR) is 53.3 cm³/mol. The van der Waals surface area contributed by atoms with Gasteiger partial charge in [0.25, 0.3) is 0 Å². The van der Waals surface area contributed by atoms with Crippen LogP contribution in [-0.4, -0.2) is 17.1 Å². The number of hydrogen-bond acceptors (Lipinski definition) is 2. The van der Waals surface area contributed by atoms with Gasteiger partial charge in [-0.15, -0.1) is 0 Å². The van der Waals surface area contributed by atoms with Gasteiger partial charge in [-0.2, -0.15) is 0 Å². The molecule has 1 unspecified atom stereocenters. The summed E-state index contributed by atoms with van der Waals surface area (Å²) >= 11 is 2.53. The Kier molecular flexibility index (Phi) is 3.93. The van der Waals surface area contributed by atoms with Crippen molar-refractivity contribution in [1.29, 1.82) is 0 Å². The maximum absolute atomic E-state index is 13.4. The first-order valence-electron chi connectivity index (χ1n) is 4.14. The lowest BCUT2D eigenvalue weighted by atomic mass is 10.1. The van der Waals surface area contributed by atoms with Gasteiger partial charge in [0.2, 0.25) is 0 Å². The molecule has 0 spiro atoms. The van der Waals surface area contributed by atoms with Crippen LogP contribution in [-0.2, 0) is 11.2 Å². The Bertz CT molecular complexity index is 439. The molecule has 0 heterocycles. The van der Waals surface area contributed by atoms with Gasteiger partial charge in [-0.25, -0.2) is 13.2 Å². The number of hydrogen-bond donors (Lipinski definition) is 2. The fourth-order valence-corrected chi connectivity index (χ4v) is 1.54. The number of nitrogens with two attached hydrogens (primary N) is 1. The van der Waals surface area contributed by atoms with E-state index in [4.69, 9.17) is 10.8 Å².